The molecule has 3 aromatic carbocycles. The van der Waals surface area contributed by atoms with Gasteiger partial charge in [0.2, 0.25) is 5.91 Å². The Morgan fingerprint density at radius 2 is 1.66 bits per heavy atom. The zero-order chi connectivity index (χ0) is 29.8. The maximum Gasteiger partial charge on any atom is 0.408 e. The first-order valence-corrected chi connectivity index (χ1v) is 12.6. The number of phenols is 2. The highest BCUT2D eigenvalue weighted by atomic mass is 35.5. The number of halogens is 1. The summed E-state index contributed by atoms with van der Waals surface area (Å²) in [6, 6.07) is 15.1. The highest BCUT2D eigenvalue weighted by molar-refractivity contribution is 6.32. The van der Waals surface area contributed by atoms with Crippen LogP contribution in [0.15, 0.2) is 71.8 Å². The molecule has 6 N–H and O–H groups in total. The van der Waals surface area contributed by atoms with E-state index < -0.39 is 36.6 Å². The topological polar surface area (TPSA) is 179 Å². The largest absolute Gasteiger partial charge is 0.508 e. The highest BCUT2D eigenvalue weighted by Gasteiger charge is 2.27. The molecule has 216 valence electrons. The van der Waals surface area contributed by atoms with Crippen LogP contribution < -0.4 is 20.8 Å². The number of phenolic OH excluding ortho intramolecular Hbond substituents is 2. The van der Waals surface area contributed by atoms with Crippen molar-refractivity contribution in [1.29, 1.82) is 0 Å². The van der Waals surface area contributed by atoms with Gasteiger partial charge in [0.05, 0.1) is 25.0 Å². The Morgan fingerprint density at radius 1 is 0.951 bits per heavy atom. The first kappa shape index (κ1) is 30.7. The summed E-state index contributed by atoms with van der Waals surface area (Å²) in [5.41, 5.74) is 4.05. The molecule has 0 unspecified atom stereocenters. The first-order chi connectivity index (χ1) is 19.7. The molecule has 3 rings (SSSR count). The summed E-state index contributed by atoms with van der Waals surface area (Å²) in [5.74, 6) is -1.69. The Hall–Kier alpha value is -4.81. The second-order valence-corrected chi connectivity index (χ2v) is 9.07. The minimum Gasteiger partial charge on any atom is -0.508 e. The number of nitrogens with zero attached hydrogens (tertiary/aromatic N) is 1. The van der Waals surface area contributed by atoms with E-state index in [2.05, 4.69) is 21.2 Å². The van der Waals surface area contributed by atoms with Crippen molar-refractivity contribution >= 4 is 35.7 Å². The summed E-state index contributed by atoms with van der Waals surface area (Å²) in [4.78, 5) is 38.2. The van der Waals surface area contributed by atoms with Crippen LogP contribution in [0.2, 0.25) is 5.02 Å². The van der Waals surface area contributed by atoms with Crippen LogP contribution >= 0.6 is 11.6 Å². The van der Waals surface area contributed by atoms with Crippen molar-refractivity contribution in [3.8, 4) is 17.2 Å². The van der Waals surface area contributed by atoms with E-state index in [1.165, 1.54) is 37.6 Å². The second-order valence-electron chi connectivity index (χ2n) is 8.66. The van der Waals surface area contributed by atoms with Crippen LogP contribution in [0.1, 0.15) is 16.7 Å². The van der Waals surface area contributed by atoms with Crippen molar-refractivity contribution in [2.75, 3.05) is 13.7 Å². The van der Waals surface area contributed by atoms with Gasteiger partial charge in [0.25, 0.3) is 5.91 Å². The number of methoxy groups -OCH3 is 1. The lowest BCUT2D eigenvalue weighted by atomic mass is 10.0. The van der Waals surface area contributed by atoms with E-state index >= 15 is 0 Å². The number of benzene rings is 3. The number of ether oxygens (including phenoxy) is 2. The van der Waals surface area contributed by atoms with Gasteiger partial charge in [0.1, 0.15) is 24.4 Å². The fourth-order valence-electron chi connectivity index (χ4n) is 3.52. The van der Waals surface area contributed by atoms with Crippen LogP contribution in [0, 0.1) is 0 Å². The van der Waals surface area contributed by atoms with Crippen molar-refractivity contribution in [2.24, 2.45) is 5.10 Å². The third kappa shape index (κ3) is 9.41. The minimum absolute atomic E-state index is 0.0111. The number of hydrogen-bond acceptors (Lipinski definition) is 9. The zero-order valence-corrected chi connectivity index (χ0v) is 22.7. The number of nitrogens with one attached hydrogen (secondary N) is 3. The van der Waals surface area contributed by atoms with Crippen LogP contribution in [0.3, 0.4) is 0 Å². The van der Waals surface area contributed by atoms with Gasteiger partial charge in [-0.05, 0) is 41.0 Å². The summed E-state index contributed by atoms with van der Waals surface area (Å²) in [6.45, 7) is -0.810. The second kappa shape index (κ2) is 15.1. The van der Waals surface area contributed by atoms with E-state index in [1.807, 2.05) is 6.07 Å². The number of aliphatic hydroxyl groups excluding tert-OH is 1. The molecule has 3 amide bonds. The Labute approximate surface area is 240 Å². The Bertz CT molecular complexity index is 1370. The van der Waals surface area contributed by atoms with E-state index in [0.717, 1.165) is 5.56 Å². The Balaban J connectivity index is 1.68. The quantitative estimate of drug-likeness (QED) is 0.138. The lowest BCUT2D eigenvalue weighted by Gasteiger charge is -2.21. The number of carbonyl (C=O) groups is 3. The smallest absolute Gasteiger partial charge is 0.408 e. The number of hydrogen-bond donors (Lipinski definition) is 6. The van der Waals surface area contributed by atoms with Gasteiger partial charge in [0.15, 0.2) is 11.5 Å². The van der Waals surface area contributed by atoms with Gasteiger partial charge in [-0.15, -0.1) is 0 Å². The monoisotopic (exact) mass is 584 g/mol. The van der Waals surface area contributed by atoms with Crippen LogP contribution in [-0.2, 0) is 27.4 Å². The molecule has 2 atom stereocenters. The normalized spacial score (nSPS) is 12.3. The molecule has 0 bridgehead atoms. The standard InChI is InChI=1S/C28H29ClN4O8/c1-40-24-13-19(11-21(29)25(24)36)14-30-33-27(38)22(12-17-7-9-20(35)10-8-17)31-26(37)23(15-34)32-28(39)41-16-18-5-3-2-4-6-18/h2-11,13-14,22-23,34-36H,12,15-16H2,1H3,(H,31,37)(H,32,39)(H,33,38)/b30-14-/t22-,23-/m0/s1. The number of amides is 3. The van der Waals surface area contributed by atoms with Crippen LogP contribution in [0.25, 0.3) is 0 Å². The van der Waals surface area contributed by atoms with Gasteiger partial charge >= 0.3 is 6.09 Å². The molecular weight excluding hydrogens is 556 g/mol. The highest BCUT2D eigenvalue weighted by Crippen LogP contribution is 2.34. The van der Waals surface area contributed by atoms with Crippen LogP contribution in [-0.4, -0.2) is 65.2 Å². The minimum atomic E-state index is -1.41. The van der Waals surface area contributed by atoms with Gasteiger partial charge in [-0.3, -0.25) is 9.59 Å². The molecule has 12 nitrogen and oxygen atoms in total. The predicted molar refractivity (Wildman–Crippen MR) is 150 cm³/mol. The summed E-state index contributed by atoms with van der Waals surface area (Å²) >= 11 is 5.98. The van der Waals surface area contributed by atoms with E-state index in [-0.39, 0.29) is 35.3 Å². The molecule has 0 aliphatic rings. The molecule has 3 aromatic rings. The maximum absolute atomic E-state index is 13.0. The Kier molecular flexibility index (Phi) is 11.3. The van der Waals surface area contributed by atoms with Crippen molar-refractivity contribution in [3.63, 3.8) is 0 Å². The van der Waals surface area contributed by atoms with Crippen molar-refractivity contribution in [2.45, 2.75) is 25.1 Å². The summed E-state index contributed by atoms with van der Waals surface area (Å²) in [5, 5.41) is 37.9. The molecule has 41 heavy (non-hydrogen) atoms. The van der Waals surface area contributed by atoms with Gasteiger partial charge < -0.3 is 35.4 Å². The van der Waals surface area contributed by atoms with E-state index in [1.54, 1.807) is 36.4 Å². The number of carbonyl (C=O) groups excluding carboxylic acids is 3. The van der Waals surface area contributed by atoms with Gasteiger partial charge in [-0.25, -0.2) is 10.2 Å². The van der Waals surface area contributed by atoms with Gasteiger partial charge in [0, 0.05) is 6.42 Å². The number of aromatic hydroxyl groups is 2. The van der Waals surface area contributed by atoms with E-state index in [4.69, 9.17) is 21.1 Å². The molecule has 0 aliphatic heterocycles. The molecule has 13 heteroatoms. The predicted octanol–water partition coefficient (Wildman–Crippen LogP) is 2.22. The van der Waals surface area contributed by atoms with Crippen LogP contribution in [0.5, 0.6) is 17.2 Å². The third-order valence-corrected chi connectivity index (χ3v) is 5.96. The van der Waals surface area contributed by atoms with E-state index in [9.17, 15) is 29.7 Å². The number of alkyl carbamates (subject to hydrolysis) is 1. The third-order valence-electron chi connectivity index (χ3n) is 5.67. The van der Waals surface area contributed by atoms with Gasteiger partial charge in [-0.2, -0.15) is 5.10 Å². The molecule has 0 radical (unpaired) electrons. The number of hydrazone groups is 1. The van der Waals surface area contributed by atoms with Crippen molar-refractivity contribution < 1.29 is 39.2 Å². The molecule has 0 fully saturated rings. The number of aliphatic hydroxyl groups is 1. The Morgan fingerprint density at radius 3 is 2.32 bits per heavy atom. The zero-order valence-electron chi connectivity index (χ0n) is 21.9. The van der Waals surface area contributed by atoms with Crippen LogP contribution in [0.4, 0.5) is 4.79 Å². The molecule has 0 aliphatic carbocycles. The fraction of sp³-hybridized carbons (Fsp3) is 0.214. The van der Waals surface area contributed by atoms with Crippen molar-refractivity contribution in [3.05, 3.63) is 88.4 Å². The maximum atomic E-state index is 13.0. The SMILES string of the molecule is COc1cc(/C=N\NC(=O)[C@H](Cc2ccc(O)cc2)NC(=O)[C@H](CO)NC(=O)OCc2ccccc2)cc(Cl)c1O. The average molecular weight is 585 g/mol. The average Bonchev–Trinajstić information content (AvgIpc) is 2.97. The molecule has 0 heterocycles. The number of rotatable bonds is 12. The van der Waals surface area contributed by atoms with E-state index in [0.29, 0.717) is 11.1 Å². The van der Waals surface area contributed by atoms with Crippen molar-refractivity contribution in [1.82, 2.24) is 16.1 Å². The molecule has 0 aromatic heterocycles. The fourth-order valence-corrected chi connectivity index (χ4v) is 3.74. The summed E-state index contributed by atoms with van der Waals surface area (Å²) < 4.78 is 10.1. The lowest BCUT2D eigenvalue weighted by Crippen LogP contribution is -2.55. The molecular formula is C28H29ClN4O8. The molecule has 0 spiro atoms. The summed E-state index contributed by atoms with van der Waals surface area (Å²) in [6.07, 6.45) is 0.310. The summed E-state index contributed by atoms with van der Waals surface area (Å²) in [7, 11) is 1.35. The van der Waals surface area contributed by atoms with Gasteiger partial charge in [-0.1, -0.05) is 54.1 Å². The first-order valence-electron chi connectivity index (χ1n) is 12.3. The molecule has 0 saturated carbocycles. The lowest BCUT2D eigenvalue weighted by molar-refractivity contribution is -0.130. The molecule has 0 saturated heterocycles.